The van der Waals surface area contributed by atoms with E-state index in [-0.39, 0.29) is 17.9 Å². The summed E-state index contributed by atoms with van der Waals surface area (Å²) in [6, 6.07) is 17.1. The van der Waals surface area contributed by atoms with Crippen molar-refractivity contribution in [2.45, 2.75) is 33.4 Å². The number of furan rings is 1. The number of nitrogens with one attached hydrogen (secondary N) is 1. The summed E-state index contributed by atoms with van der Waals surface area (Å²) >= 11 is 0. The molecule has 0 atom stereocenters. The summed E-state index contributed by atoms with van der Waals surface area (Å²) in [6.45, 7) is 5.09. The molecule has 0 fully saturated rings. The maximum Gasteiger partial charge on any atom is 0.250 e. The maximum absolute atomic E-state index is 12.4. The van der Waals surface area contributed by atoms with Crippen LogP contribution < -0.4 is 10.9 Å². The first kappa shape index (κ1) is 19.7. The lowest BCUT2D eigenvalue weighted by atomic mass is 10.0. The summed E-state index contributed by atoms with van der Waals surface area (Å²) in [5.74, 6) is -0.0455. The van der Waals surface area contributed by atoms with Gasteiger partial charge < -0.3 is 14.3 Å². The average Bonchev–Trinajstić information content (AvgIpc) is 3.11. The van der Waals surface area contributed by atoms with Crippen molar-refractivity contribution >= 4 is 16.9 Å². The molecule has 2 heterocycles. The van der Waals surface area contributed by atoms with Crippen LogP contribution in [0.3, 0.4) is 0 Å². The van der Waals surface area contributed by atoms with Gasteiger partial charge in [-0.2, -0.15) is 0 Å². The van der Waals surface area contributed by atoms with Crippen molar-refractivity contribution in [1.82, 2.24) is 9.88 Å². The molecule has 0 aliphatic heterocycles. The molecule has 0 saturated heterocycles. The van der Waals surface area contributed by atoms with Crippen LogP contribution in [0, 0.1) is 13.8 Å². The van der Waals surface area contributed by atoms with Gasteiger partial charge in [-0.3, -0.25) is 9.59 Å². The van der Waals surface area contributed by atoms with Gasteiger partial charge in [-0.05, 0) is 54.3 Å². The van der Waals surface area contributed by atoms with Gasteiger partial charge in [0.05, 0.1) is 19.2 Å². The zero-order chi connectivity index (χ0) is 21.1. The predicted octanol–water partition coefficient (Wildman–Crippen LogP) is 4.12. The molecule has 1 N–H and O–H groups in total. The van der Waals surface area contributed by atoms with Gasteiger partial charge in [0, 0.05) is 29.8 Å². The number of carbonyl (C=O) groups is 1. The van der Waals surface area contributed by atoms with Crippen molar-refractivity contribution < 1.29 is 9.21 Å². The lowest BCUT2D eigenvalue weighted by Crippen LogP contribution is -2.24. The fourth-order valence-corrected chi connectivity index (χ4v) is 3.46. The number of fused-ring (bicyclic) bond motifs is 1. The molecule has 0 unspecified atom stereocenters. The Morgan fingerprint density at radius 1 is 1.00 bits per heavy atom. The van der Waals surface area contributed by atoms with E-state index in [0.29, 0.717) is 13.1 Å². The molecule has 4 aromatic rings. The van der Waals surface area contributed by atoms with Gasteiger partial charge in [0.2, 0.25) is 5.91 Å². The standard InChI is InChI=1S/C25H24N2O3/c1-17-11-22-21(16-30-23(22)12-18(17)2)13-24(28)26-14-19-6-8-20(9-7-19)15-27-10-4-3-5-25(27)29/h3-12,16H,13-15H2,1-2H3,(H,26,28). The van der Waals surface area contributed by atoms with Crippen LogP contribution in [0.5, 0.6) is 0 Å². The third-order valence-electron chi connectivity index (χ3n) is 5.39. The minimum Gasteiger partial charge on any atom is -0.464 e. The van der Waals surface area contributed by atoms with Gasteiger partial charge in [0.25, 0.3) is 5.56 Å². The Bertz CT molecular complexity index is 1250. The van der Waals surface area contributed by atoms with E-state index in [1.54, 1.807) is 29.2 Å². The van der Waals surface area contributed by atoms with E-state index in [1.807, 2.05) is 43.3 Å². The first-order chi connectivity index (χ1) is 14.5. The number of aromatic nitrogens is 1. The number of hydrogen-bond acceptors (Lipinski definition) is 3. The van der Waals surface area contributed by atoms with Crippen LogP contribution in [0.25, 0.3) is 11.0 Å². The third kappa shape index (κ3) is 4.35. The van der Waals surface area contributed by atoms with Crippen LogP contribution >= 0.6 is 0 Å². The Morgan fingerprint density at radius 3 is 2.50 bits per heavy atom. The van der Waals surface area contributed by atoms with Gasteiger partial charge >= 0.3 is 0 Å². The minimum absolute atomic E-state index is 0.0223. The van der Waals surface area contributed by atoms with Crippen LogP contribution in [0.2, 0.25) is 0 Å². The first-order valence-corrected chi connectivity index (χ1v) is 9.97. The Kier molecular flexibility index (Phi) is 5.53. The molecule has 0 aliphatic carbocycles. The molecule has 5 nitrogen and oxygen atoms in total. The normalized spacial score (nSPS) is 11.0. The summed E-state index contributed by atoms with van der Waals surface area (Å²) in [5.41, 5.74) is 6.09. The third-order valence-corrected chi connectivity index (χ3v) is 5.39. The fourth-order valence-electron chi connectivity index (χ4n) is 3.46. The van der Waals surface area contributed by atoms with Crippen LogP contribution in [0.4, 0.5) is 0 Å². The summed E-state index contributed by atoms with van der Waals surface area (Å²) in [5, 5.41) is 3.96. The number of rotatable bonds is 6. The van der Waals surface area contributed by atoms with Crippen molar-refractivity contribution in [3.05, 3.63) is 105 Å². The number of benzene rings is 2. The van der Waals surface area contributed by atoms with Crippen LogP contribution in [-0.4, -0.2) is 10.5 Å². The molecule has 0 aliphatic rings. The van der Waals surface area contributed by atoms with E-state index < -0.39 is 0 Å². The summed E-state index contributed by atoms with van der Waals surface area (Å²) in [7, 11) is 0. The molecule has 5 heteroatoms. The van der Waals surface area contributed by atoms with Crippen molar-refractivity contribution in [3.8, 4) is 0 Å². The van der Waals surface area contributed by atoms with E-state index >= 15 is 0 Å². The number of aryl methyl sites for hydroxylation is 2. The van der Waals surface area contributed by atoms with Crippen molar-refractivity contribution in [3.63, 3.8) is 0 Å². The molecule has 0 bridgehead atoms. The van der Waals surface area contributed by atoms with Crippen molar-refractivity contribution in [2.24, 2.45) is 0 Å². The maximum atomic E-state index is 12.4. The molecule has 0 radical (unpaired) electrons. The molecule has 0 spiro atoms. The number of nitrogens with zero attached hydrogens (tertiary/aromatic N) is 1. The molecule has 4 rings (SSSR count). The Hall–Kier alpha value is -3.60. The van der Waals surface area contributed by atoms with Crippen molar-refractivity contribution in [1.29, 1.82) is 0 Å². The molecular weight excluding hydrogens is 376 g/mol. The largest absolute Gasteiger partial charge is 0.464 e. The predicted molar refractivity (Wildman–Crippen MR) is 117 cm³/mol. The highest BCUT2D eigenvalue weighted by atomic mass is 16.3. The zero-order valence-electron chi connectivity index (χ0n) is 17.1. The SMILES string of the molecule is Cc1cc2occ(CC(=O)NCc3ccc(Cn4ccccc4=O)cc3)c2cc1C. The fraction of sp³-hybridized carbons (Fsp3) is 0.200. The molecule has 1 amide bonds. The van der Waals surface area contributed by atoms with E-state index in [9.17, 15) is 9.59 Å². The van der Waals surface area contributed by atoms with Gasteiger partial charge in [-0.15, -0.1) is 0 Å². The first-order valence-electron chi connectivity index (χ1n) is 9.97. The lowest BCUT2D eigenvalue weighted by Gasteiger charge is -2.08. The quantitative estimate of drug-likeness (QED) is 0.530. The number of hydrogen-bond donors (Lipinski definition) is 1. The Balaban J connectivity index is 1.36. The lowest BCUT2D eigenvalue weighted by molar-refractivity contribution is -0.120. The van der Waals surface area contributed by atoms with Crippen molar-refractivity contribution in [2.75, 3.05) is 0 Å². The second-order valence-electron chi connectivity index (χ2n) is 7.63. The molecule has 0 saturated carbocycles. The summed E-state index contributed by atoms with van der Waals surface area (Å²) < 4.78 is 7.28. The molecular formula is C25H24N2O3. The summed E-state index contributed by atoms with van der Waals surface area (Å²) in [6.07, 6.45) is 3.73. The monoisotopic (exact) mass is 400 g/mol. The molecule has 152 valence electrons. The minimum atomic E-state index is -0.0455. The number of amides is 1. The van der Waals surface area contributed by atoms with Gasteiger partial charge in [0.1, 0.15) is 5.58 Å². The molecule has 2 aromatic carbocycles. The van der Waals surface area contributed by atoms with Crippen LogP contribution in [-0.2, 0) is 24.3 Å². The highest BCUT2D eigenvalue weighted by Crippen LogP contribution is 2.25. The second-order valence-corrected chi connectivity index (χ2v) is 7.63. The second kappa shape index (κ2) is 8.41. The zero-order valence-corrected chi connectivity index (χ0v) is 17.1. The summed E-state index contributed by atoms with van der Waals surface area (Å²) in [4.78, 5) is 24.3. The Labute approximate surface area is 175 Å². The molecule has 2 aromatic heterocycles. The average molecular weight is 400 g/mol. The number of pyridine rings is 1. The molecule has 30 heavy (non-hydrogen) atoms. The smallest absolute Gasteiger partial charge is 0.250 e. The van der Waals surface area contributed by atoms with Crippen LogP contribution in [0.1, 0.15) is 27.8 Å². The number of carbonyl (C=O) groups excluding carboxylic acids is 1. The van der Waals surface area contributed by atoms with Gasteiger partial charge in [-0.1, -0.05) is 30.3 Å². The van der Waals surface area contributed by atoms with Gasteiger partial charge in [-0.25, -0.2) is 0 Å². The topological polar surface area (TPSA) is 64.2 Å². The van der Waals surface area contributed by atoms with E-state index in [4.69, 9.17) is 4.42 Å². The highest BCUT2D eigenvalue weighted by molar-refractivity contribution is 5.88. The van der Waals surface area contributed by atoms with E-state index in [0.717, 1.165) is 27.7 Å². The van der Waals surface area contributed by atoms with Crippen LogP contribution in [0.15, 0.2) is 76.3 Å². The van der Waals surface area contributed by atoms with Gasteiger partial charge in [0.15, 0.2) is 0 Å². The van der Waals surface area contributed by atoms with E-state index in [2.05, 4.69) is 18.3 Å². The Morgan fingerprint density at radius 2 is 1.73 bits per heavy atom. The van der Waals surface area contributed by atoms with E-state index in [1.165, 1.54) is 11.1 Å². The highest BCUT2D eigenvalue weighted by Gasteiger charge is 2.11.